The van der Waals surface area contributed by atoms with Gasteiger partial charge < -0.3 is 5.11 Å². The first-order valence-corrected chi connectivity index (χ1v) is 4.92. The number of phenolic OH excluding ortho intramolecular Hbond substituents is 1. The number of aromatic nitrogens is 2. The molecule has 0 unspecified atom stereocenters. The number of carbonyl (C=O) groups is 1. The zero-order valence-electron chi connectivity index (χ0n) is 9.14. The number of nitrogens with zero attached hydrogens (tertiary/aromatic N) is 2. The number of ketones is 1. The maximum absolute atomic E-state index is 11.4. The number of benzene rings is 1. The summed E-state index contributed by atoms with van der Waals surface area (Å²) in [6.45, 7) is 1.51. The molecule has 1 heterocycles. The average molecular weight is 216 g/mol. The summed E-state index contributed by atoms with van der Waals surface area (Å²) in [4.78, 5) is 11.4. The van der Waals surface area contributed by atoms with Crippen LogP contribution in [0.15, 0.2) is 30.5 Å². The third kappa shape index (κ3) is 1.69. The highest BCUT2D eigenvalue weighted by Gasteiger charge is 2.13. The van der Waals surface area contributed by atoms with E-state index < -0.39 is 0 Å². The minimum Gasteiger partial charge on any atom is -0.508 e. The van der Waals surface area contributed by atoms with Crippen molar-refractivity contribution in [2.75, 3.05) is 0 Å². The standard InChI is InChI=1S/C12H12N2O2/c1-8(15)11-7-13-14(2)12(11)9-3-5-10(16)6-4-9/h3-7,16H,1-2H3. The SMILES string of the molecule is CC(=O)c1cnn(C)c1-c1ccc(O)cc1. The maximum atomic E-state index is 11.4. The van der Waals surface area contributed by atoms with Crippen LogP contribution in [0.25, 0.3) is 11.3 Å². The summed E-state index contributed by atoms with van der Waals surface area (Å²) in [6.07, 6.45) is 1.56. The first-order chi connectivity index (χ1) is 7.59. The second kappa shape index (κ2) is 3.81. The molecule has 0 amide bonds. The Bertz CT molecular complexity index is 526. The zero-order chi connectivity index (χ0) is 11.7. The smallest absolute Gasteiger partial charge is 0.163 e. The number of carbonyl (C=O) groups excluding carboxylic acids is 1. The second-order valence-corrected chi connectivity index (χ2v) is 3.63. The summed E-state index contributed by atoms with van der Waals surface area (Å²) in [7, 11) is 1.79. The highest BCUT2D eigenvalue weighted by molar-refractivity contribution is 5.99. The van der Waals surface area contributed by atoms with Gasteiger partial charge in [0, 0.05) is 12.6 Å². The Kier molecular flexibility index (Phi) is 2.48. The molecule has 0 fully saturated rings. The van der Waals surface area contributed by atoms with E-state index in [9.17, 15) is 9.90 Å². The number of rotatable bonds is 2. The van der Waals surface area contributed by atoms with Crippen LogP contribution in [0, 0.1) is 0 Å². The molecule has 0 radical (unpaired) electrons. The highest BCUT2D eigenvalue weighted by atomic mass is 16.3. The van der Waals surface area contributed by atoms with Crippen molar-refractivity contribution in [2.24, 2.45) is 7.05 Å². The lowest BCUT2D eigenvalue weighted by Gasteiger charge is -2.04. The molecular formula is C12H12N2O2. The van der Waals surface area contributed by atoms with Crippen molar-refractivity contribution in [2.45, 2.75) is 6.92 Å². The molecule has 2 rings (SSSR count). The van der Waals surface area contributed by atoms with Crippen LogP contribution in [0.5, 0.6) is 5.75 Å². The van der Waals surface area contributed by atoms with Crippen LogP contribution in [0.1, 0.15) is 17.3 Å². The largest absolute Gasteiger partial charge is 0.508 e. The fourth-order valence-electron chi connectivity index (χ4n) is 1.66. The molecule has 0 aliphatic carbocycles. The minimum absolute atomic E-state index is 0.0174. The Morgan fingerprint density at radius 1 is 1.31 bits per heavy atom. The third-order valence-corrected chi connectivity index (χ3v) is 2.46. The van der Waals surface area contributed by atoms with E-state index in [1.54, 1.807) is 42.2 Å². The Labute approximate surface area is 93.1 Å². The van der Waals surface area contributed by atoms with Gasteiger partial charge in [0.05, 0.1) is 17.5 Å². The number of hydrogen-bond donors (Lipinski definition) is 1. The first kappa shape index (κ1) is 10.4. The lowest BCUT2D eigenvalue weighted by Crippen LogP contribution is -1.98. The van der Waals surface area contributed by atoms with Gasteiger partial charge in [-0.2, -0.15) is 5.10 Å². The Balaban J connectivity index is 2.58. The van der Waals surface area contributed by atoms with Crippen molar-refractivity contribution in [3.05, 3.63) is 36.0 Å². The summed E-state index contributed by atoms with van der Waals surface area (Å²) in [5, 5.41) is 13.3. The van der Waals surface area contributed by atoms with E-state index in [1.807, 2.05) is 0 Å². The van der Waals surface area contributed by atoms with Gasteiger partial charge in [-0.1, -0.05) is 0 Å². The van der Waals surface area contributed by atoms with Gasteiger partial charge in [-0.15, -0.1) is 0 Å². The molecule has 4 heteroatoms. The molecule has 1 N–H and O–H groups in total. The van der Waals surface area contributed by atoms with Crippen LogP contribution >= 0.6 is 0 Å². The molecule has 0 saturated heterocycles. The number of aromatic hydroxyl groups is 1. The number of hydrogen-bond acceptors (Lipinski definition) is 3. The van der Waals surface area contributed by atoms with E-state index in [1.165, 1.54) is 6.92 Å². The second-order valence-electron chi connectivity index (χ2n) is 3.63. The van der Waals surface area contributed by atoms with Gasteiger partial charge in [-0.3, -0.25) is 9.48 Å². The Morgan fingerprint density at radius 2 is 1.94 bits per heavy atom. The summed E-state index contributed by atoms with van der Waals surface area (Å²) in [5.41, 5.74) is 2.23. The minimum atomic E-state index is -0.0174. The molecule has 82 valence electrons. The van der Waals surface area contributed by atoms with Gasteiger partial charge in [0.15, 0.2) is 5.78 Å². The molecule has 0 saturated carbocycles. The summed E-state index contributed by atoms with van der Waals surface area (Å²) < 4.78 is 1.66. The molecule has 0 aliphatic heterocycles. The monoisotopic (exact) mass is 216 g/mol. The molecule has 0 aliphatic rings. The molecule has 16 heavy (non-hydrogen) atoms. The zero-order valence-corrected chi connectivity index (χ0v) is 9.14. The van der Waals surface area contributed by atoms with Crippen LogP contribution in [-0.2, 0) is 7.05 Å². The van der Waals surface area contributed by atoms with E-state index in [2.05, 4.69) is 5.10 Å². The molecular weight excluding hydrogens is 204 g/mol. The van der Waals surface area contributed by atoms with Gasteiger partial charge in [0.25, 0.3) is 0 Å². The quantitative estimate of drug-likeness (QED) is 0.781. The average Bonchev–Trinajstić information content (AvgIpc) is 2.62. The van der Waals surface area contributed by atoms with Crippen molar-refractivity contribution >= 4 is 5.78 Å². The Morgan fingerprint density at radius 3 is 2.50 bits per heavy atom. The first-order valence-electron chi connectivity index (χ1n) is 4.92. The summed E-state index contributed by atoms with van der Waals surface area (Å²) in [5.74, 6) is 0.187. The number of aryl methyl sites for hydroxylation is 1. The predicted octanol–water partition coefficient (Wildman–Crippen LogP) is 2.00. The number of Topliss-reactive ketones (excluding diaryl/α,β-unsaturated/α-hetero) is 1. The highest BCUT2D eigenvalue weighted by Crippen LogP contribution is 2.25. The lowest BCUT2D eigenvalue weighted by molar-refractivity contribution is 0.101. The van der Waals surface area contributed by atoms with E-state index in [-0.39, 0.29) is 11.5 Å². The molecule has 2 aromatic rings. The fraction of sp³-hybridized carbons (Fsp3) is 0.167. The van der Waals surface area contributed by atoms with Crippen LogP contribution in [0.4, 0.5) is 0 Å². The molecule has 1 aromatic carbocycles. The number of phenols is 1. The van der Waals surface area contributed by atoms with Gasteiger partial charge in [-0.05, 0) is 31.2 Å². The van der Waals surface area contributed by atoms with Crippen molar-refractivity contribution in [1.82, 2.24) is 9.78 Å². The van der Waals surface area contributed by atoms with Crippen LogP contribution in [0.2, 0.25) is 0 Å². The van der Waals surface area contributed by atoms with Crippen molar-refractivity contribution in [1.29, 1.82) is 0 Å². The Hall–Kier alpha value is -2.10. The van der Waals surface area contributed by atoms with Gasteiger partial charge >= 0.3 is 0 Å². The predicted molar refractivity (Wildman–Crippen MR) is 60.3 cm³/mol. The van der Waals surface area contributed by atoms with Crippen molar-refractivity contribution < 1.29 is 9.90 Å². The molecule has 4 nitrogen and oxygen atoms in total. The fourth-order valence-corrected chi connectivity index (χ4v) is 1.66. The van der Waals surface area contributed by atoms with Crippen LogP contribution in [-0.4, -0.2) is 20.7 Å². The van der Waals surface area contributed by atoms with Crippen LogP contribution in [0.3, 0.4) is 0 Å². The van der Waals surface area contributed by atoms with E-state index in [4.69, 9.17) is 0 Å². The lowest BCUT2D eigenvalue weighted by atomic mass is 10.1. The van der Waals surface area contributed by atoms with E-state index in [0.29, 0.717) is 5.56 Å². The van der Waals surface area contributed by atoms with Gasteiger partial charge in [0.2, 0.25) is 0 Å². The maximum Gasteiger partial charge on any atom is 0.163 e. The van der Waals surface area contributed by atoms with Gasteiger partial charge in [0.1, 0.15) is 5.75 Å². The van der Waals surface area contributed by atoms with Crippen LogP contribution < -0.4 is 0 Å². The molecule has 0 spiro atoms. The summed E-state index contributed by atoms with van der Waals surface area (Å²) >= 11 is 0. The van der Waals surface area contributed by atoms with Crippen molar-refractivity contribution in [3.8, 4) is 17.0 Å². The molecule has 1 aromatic heterocycles. The normalized spacial score (nSPS) is 10.4. The molecule has 0 atom stereocenters. The van der Waals surface area contributed by atoms with E-state index in [0.717, 1.165) is 11.3 Å². The van der Waals surface area contributed by atoms with Crippen molar-refractivity contribution in [3.63, 3.8) is 0 Å². The molecule has 0 bridgehead atoms. The topological polar surface area (TPSA) is 55.1 Å². The van der Waals surface area contributed by atoms with Gasteiger partial charge in [-0.25, -0.2) is 0 Å². The van der Waals surface area contributed by atoms with E-state index >= 15 is 0 Å². The summed E-state index contributed by atoms with van der Waals surface area (Å²) in [6, 6.07) is 6.70. The third-order valence-electron chi connectivity index (χ3n) is 2.46.